The molecule has 156 valence electrons. The van der Waals surface area contributed by atoms with Crippen LogP contribution >= 0.6 is 11.3 Å². The topological polar surface area (TPSA) is 98.8 Å². The van der Waals surface area contributed by atoms with Crippen molar-refractivity contribution in [1.29, 1.82) is 0 Å². The van der Waals surface area contributed by atoms with Crippen LogP contribution < -0.4 is 20.6 Å². The summed E-state index contributed by atoms with van der Waals surface area (Å²) >= 11 is 1.15. The van der Waals surface area contributed by atoms with Crippen molar-refractivity contribution in [2.24, 2.45) is 5.10 Å². The van der Waals surface area contributed by atoms with E-state index in [0.29, 0.717) is 40.2 Å². The molecule has 0 fully saturated rings. The summed E-state index contributed by atoms with van der Waals surface area (Å²) in [5, 5.41) is 4.40. The summed E-state index contributed by atoms with van der Waals surface area (Å²) in [6, 6.07) is 13.5. The summed E-state index contributed by atoms with van der Waals surface area (Å²) in [4.78, 5) is 16.9. The number of hydrogen-bond donors (Lipinski definition) is 2. The van der Waals surface area contributed by atoms with Gasteiger partial charge in [0.25, 0.3) is 5.91 Å². The maximum atomic E-state index is 12.3. The highest BCUT2D eigenvalue weighted by Crippen LogP contribution is 2.28. The lowest BCUT2D eigenvalue weighted by Crippen LogP contribution is -2.17. The lowest BCUT2D eigenvalue weighted by molar-refractivity contribution is 0.0958. The minimum Gasteiger partial charge on any atom is -0.493 e. The molecule has 3 N–H and O–H groups in total. The van der Waals surface area contributed by atoms with Gasteiger partial charge >= 0.3 is 0 Å². The van der Waals surface area contributed by atoms with Gasteiger partial charge in [0, 0.05) is 0 Å². The third-order valence-electron chi connectivity index (χ3n) is 4.47. The van der Waals surface area contributed by atoms with Crippen LogP contribution in [-0.2, 0) is 13.0 Å². The van der Waals surface area contributed by atoms with Crippen molar-refractivity contribution in [3.8, 4) is 11.5 Å². The first kappa shape index (κ1) is 21.3. The molecular weight excluding hydrogens is 400 g/mol. The highest BCUT2D eigenvalue weighted by molar-refractivity contribution is 7.17. The number of nitrogens with two attached hydrogens (primary N) is 1. The van der Waals surface area contributed by atoms with E-state index in [1.54, 1.807) is 19.4 Å². The van der Waals surface area contributed by atoms with E-state index in [1.807, 2.05) is 50.2 Å². The Morgan fingerprint density at radius 3 is 2.80 bits per heavy atom. The predicted octanol–water partition coefficient (Wildman–Crippen LogP) is 3.95. The molecule has 3 aromatic rings. The fourth-order valence-corrected chi connectivity index (χ4v) is 3.63. The monoisotopic (exact) mass is 424 g/mol. The Morgan fingerprint density at radius 2 is 2.07 bits per heavy atom. The van der Waals surface area contributed by atoms with Crippen LogP contribution in [0.5, 0.6) is 11.5 Å². The average Bonchev–Trinajstić information content (AvgIpc) is 3.14. The number of nitrogen functional groups attached to an aromatic ring is 1. The van der Waals surface area contributed by atoms with Gasteiger partial charge in [0.15, 0.2) is 16.6 Å². The molecule has 3 rings (SSSR count). The molecule has 30 heavy (non-hydrogen) atoms. The zero-order valence-electron chi connectivity index (χ0n) is 17.1. The van der Waals surface area contributed by atoms with Gasteiger partial charge in [-0.1, -0.05) is 42.5 Å². The van der Waals surface area contributed by atoms with E-state index in [9.17, 15) is 4.79 Å². The Kier molecular flexibility index (Phi) is 7.03. The van der Waals surface area contributed by atoms with Crippen molar-refractivity contribution in [1.82, 2.24) is 10.4 Å². The zero-order valence-corrected chi connectivity index (χ0v) is 18.0. The van der Waals surface area contributed by atoms with Crippen LogP contribution in [0.2, 0.25) is 0 Å². The second kappa shape index (κ2) is 9.89. The third kappa shape index (κ3) is 5.15. The van der Waals surface area contributed by atoms with E-state index in [1.165, 1.54) is 5.56 Å². The summed E-state index contributed by atoms with van der Waals surface area (Å²) in [5.74, 6) is 0.888. The number of aryl methyl sites for hydroxylation is 2. The first-order chi connectivity index (χ1) is 14.5. The number of amides is 1. The van der Waals surface area contributed by atoms with E-state index >= 15 is 0 Å². The number of benzene rings is 2. The van der Waals surface area contributed by atoms with Crippen molar-refractivity contribution in [3.05, 3.63) is 69.7 Å². The van der Waals surface area contributed by atoms with Crippen LogP contribution in [0.3, 0.4) is 0 Å². The van der Waals surface area contributed by atoms with Crippen LogP contribution in [-0.4, -0.2) is 24.2 Å². The van der Waals surface area contributed by atoms with Gasteiger partial charge < -0.3 is 15.2 Å². The Balaban J connectivity index is 1.65. The van der Waals surface area contributed by atoms with Crippen LogP contribution in [0.15, 0.2) is 47.6 Å². The first-order valence-corrected chi connectivity index (χ1v) is 10.3. The molecule has 0 atom stereocenters. The van der Waals surface area contributed by atoms with Crippen molar-refractivity contribution >= 4 is 28.6 Å². The fourth-order valence-electron chi connectivity index (χ4n) is 2.81. The van der Waals surface area contributed by atoms with Gasteiger partial charge in [-0.2, -0.15) is 5.10 Å². The van der Waals surface area contributed by atoms with E-state index in [4.69, 9.17) is 15.2 Å². The molecule has 1 aromatic heterocycles. The van der Waals surface area contributed by atoms with Crippen molar-refractivity contribution in [3.63, 3.8) is 0 Å². The standard InChI is InChI=1S/C22H24N4O3S/c1-4-17-20(30-22(23)25-17)21(27)26-24-12-15-9-10-18(19(11-15)28-3)29-13-16-8-6-5-7-14(16)2/h5-12H,4,13H2,1-3H3,(H2,23,25)(H,26,27)/b24-12-. The summed E-state index contributed by atoms with van der Waals surface area (Å²) in [5.41, 5.74) is 11.9. The van der Waals surface area contributed by atoms with E-state index < -0.39 is 0 Å². The lowest BCUT2D eigenvalue weighted by atomic mass is 10.1. The molecule has 1 amide bonds. The number of ether oxygens (including phenoxy) is 2. The largest absolute Gasteiger partial charge is 0.493 e. The number of anilines is 1. The number of rotatable bonds is 8. The van der Waals surface area contributed by atoms with E-state index in [2.05, 4.69) is 15.5 Å². The molecule has 7 nitrogen and oxygen atoms in total. The number of nitrogens with one attached hydrogen (secondary N) is 1. The number of carbonyl (C=O) groups is 1. The van der Waals surface area contributed by atoms with Gasteiger partial charge in [0.1, 0.15) is 11.5 Å². The Bertz CT molecular complexity index is 1060. The molecule has 0 radical (unpaired) electrons. The number of thiazole rings is 1. The number of hydrogen-bond acceptors (Lipinski definition) is 7. The smallest absolute Gasteiger partial charge is 0.283 e. The first-order valence-electron chi connectivity index (χ1n) is 9.45. The van der Waals surface area contributed by atoms with Gasteiger partial charge in [-0.05, 0) is 48.2 Å². The molecule has 0 saturated carbocycles. The predicted molar refractivity (Wildman–Crippen MR) is 119 cm³/mol. The SMILES string of the molecule is CCc1nc(N)sc1C(=O)N/N=C\c1ccc(OCc2ccccc2C)c(OC)c1. The summed E-state index contributed by atoms with van der Waals surface area (Å²) in [6.45, 7) is 4.42. The van der Waals surface area contributed by atoms with Gasteiger partial charge in [-0.3, -0.25) is 4.79 Å². The molecule has 0 bridgehead atoms. The summed E-state index contributed by atoms with van der Waals surface area (Å²) < 4.78 is 11.4. The van der Waals surface area contributed by atoms with Gasteiger partial charge in [-0.15, -0.1) is 0 Å². The molecule has 2 aromatic carbocycles. The summed E-state index contributed by atoms with van der Waals surface area (Å²) in [7, 11) is 1.58. The molecule has 0 saturated heterocycles. The normalized spacial score (nSPS) is 10.9. The quantitative estimate of drug-likeness (QED) is 0.421. The fraction of sp³-hybridized carbons (Fsp3) is 0.227. The van der Waals surface area contributed by atoms with Crippen LogP contribution in [0.1, 0.15) is 39.0 Å². The molecule has 0 aliphatic heterocycles. The highest BCUT2D eigenvalue weighted by Gasteiger charge is 2.15. The summed E-state index contributed by atoms with van der Waals surface area (Å²) in [6.07, 6.45) is 2.17. The molecule has 0 unspecified atom stereocenters. The van der Waals surface area contributed by atoms with E-state index in [-0.39, 0.29) is 5.91 Å². The second-order valence-corrected chi connectivity index (χ2v) is 7.54. The highest BCUT2D eigenvalue weighted by atomic mass is 32.1. The zero-order chi connectivity index (χ0) is 21.5. The maximum absolute atomic E-state index is 12.3. The van der Waals surface area contributed by atoms with Crippen molar-refractivity contribution < 1.29 is 14.3 Å². The lowest BCUT2D eigenvalue weighted by Gasteiger charge is -2.12. The Morgan fingerprint density at radius 1 is 1.27 bits per heavy atom. The minimum atomic E-state index is -0.331. The van der Waals surface area contributed by atoms with Gasteiger partial charge in [0.2, 0.25) is 0 Å². The van der Waals surface area contributed by atoms with Crippen molar-refractivity contribution in [2.45, 2.75) is 26.9 Å². The molecule has 1 heterocycles. The second-order valence-electron chi connectivity index (χ2n) is 6.51. The maximum Gasteiger partial charge on any atom is 0.283 e. The number of carbonyl (C=O) groups excluding carboxylic acids is 1. The van der Waals surface area contributed by atoms with Crippen LogP contribution in [0.25, 0.3) is 0 Å². The molecule has 8 heteroatoms. The van der Waals surface area contributed by atoms with Crippen LogP contribution in [0.4, 0.5) is 5.13 Å². The number of nitrogens with zero attached hydrogens (tertiary/aromatic N) is 2. The molecule has 0 aliphatic rings. The number of methoxy groups -OCH3 is 1. The van der Waals surface area contributed by atoms with Gasteiger partial charge in [-0.25, -0.2) is 10.4 Å². The minimum absolute atomic E-state index is 0.331. The Labute approximate surface area is 179 Å². The Hall–Kier alpha value is -3.39. The number of hydrazone groups is 1. The molecule has 0 spiro atoms. The molecule has 0 aliphatic carbocycles. The third-order valence-corrected chi connectivity index (χ3v) is 5.39. The molecular formula is C22H24N4O3S. The van der Waals surface area contributed by atoms with E-state index in [0.717, 1.165) is 22.5 Å². The van der Waals surface area contributed by atoms with Crippen molar-refractivity contribution in [2.75, 3.05) is 12.8 Å². The number of aromatic nitrogens is 1. The average molecular weight is 425 g/mol. The van der Waals surface area contributed by atoms with Crippen LogP contribution in [0, 0.1) is 6.92 Å². The van der Waals surface area contributed by atoms with Gasteiger partial charge in [0.05, 0.1) is 19.0 Å².